The van der Waals surface area contributed by atoms with Crippen molar-refractivity contribution in [1.82, 2.24) is 0 Å². The first-order chi connectivity index (χ1) is 4.46. The summed E-state index contributed by atoms with van der Waals surface area (Å²) in [5.74, 6) is -1.33. The highest BCUT2D eigenvalue weighted by Gasteiger charge is 2.26. The topological polar surface area (TPSA) is 83.6 Å². The van der Waals surface area contributed by atoms with Gasteiger partial charge in [-0.1, -0.05) is 0 Å². The smallest absolute Gasteiger partial charge is 0.323 e. The Balaban J connectivity index is 3.94. The van der Waals surface area contributed by atoms with Gasteiger partial charge in [-0.25, -0.2) is 0 Å². The Labute approximate surface area is 67.5 Å². The van der Waals surface area contributed by atoms with Crippen LogP contribution in [0.25, 0.3) is 0 Å². The molecule has 2 unspecified atom stereocenters. The molecular weight excluding hydrogens is 181 g/mol. The lowest BCUT2D eigenvalue weighted by Crippen LogP contribution is -2.44. The van der Waals surface area contributed by atoms with Crippen LogP contribution in [0.2, 0.25) is 0 Å². The highest BCUT2D eigenvalue weighted by molar-refractivity contribution is 6.44. The van der Waals surface area contributed by atoms with Gasteiger partial charge in [-0.3, -0.25) is 4.79 Å². The fraction of sp³-hybridized carbons (Fsp3) is 0.750. The first-order valence-corrected chi connectivity index (χ1v) is 3.28. The Morgan fingerprint density at radius 2 is 1.90 bits per heavy atom. The number of nitrogens with two attached hydrogens (primary N) is 1. The van der Waals surface area contributed by atoms with E-state index in [2.05, 4.69) is 0 Å². The molecule has 0 aliphatic rings. The molecule has 0 aromatic carbocycles. The predicted molar refractivity (Wildman–Crippen MR) is 37.1 cm³/mol. The maximum atomic E-state index is 10.0. The second kappa shape index (κ2) is 3.98. The van der Waals surface area contributed by atoms with Gasteiger partial charge in [0.15, 0.2) is 0 Å². The molecule has 2 atom stereocenters. The second-order valence-corrected chi connectivity index (χ2v) is 2.85. The van der Waals surface area contributed by atoms with E-state index in [9.17, 15) is 4.79 Å². The van der Waals surface area contributed by atoms with E-state index in [0.717, 1.165) is 0 Å². The number of aliphatic hydroxyl groups excluding tert-OH is 1. The van der Waals surface area contributed by atoms with Crippen LogP contribution < -0.4 is 5.73 Å². The van der Waals surface area contributed by atoms with Crippen LogP contribution in [0.3, 0.4) is 0 Å². The third kappa shape index (κ3) is 2.70. The Morgan fingerprint density at radius 3 is 2.00 bits per heavy atom. The summed E-state index contributed by atoms with van der Waals surface area (Å²) in [6.07, 6.45) is -1.43. The van der Waals surface area contributed by atoms with E-state index in [4.69, 9.17) is 39.1 Å². The summed E-state index contributed by atoms with van der Waals surface area (Å²) in [5.41, 5.74) is 4.94. The zero-order valence-electron chi connectivity index (χ0n) is 4.87. The minimum atomic E-state index is -1.43. The molecule has 4 N–H and O–H groups in total. The molecule has 0 aromatic rings. The van der Waals surface area contributed by atoms with Gasteiger partial charge in [0.1, 0.15) is 17.0 Å². The van der Waals surface area contributed by atoms with Crippen LogP contribution in [0.1, 0.15) is 0 Å². The molecule has 0 saturated carbocycles. The van der Waals surface area contributed by atoms with Gasteiger partial charge in [0.25, 0.3) is 0 Å². The SMILES string of the molecule is NC(C(=O)O)C(O)C(Cl)Cl. The quantitative estimate of drug-likeness (QED) is 0.524. The first-order valence-electron chi connectivity index (χ1n) is 2.41. The summed E-state index contributed by atoms with van der Waals surface area (Å²) in [5, 5.41) is 17.0. The van der Waals surface area contributed by atoms with Crippen LogP contribution >= 0.6 is 23.2 Å². The van der Waals surface area contributed by atoms with E-state index in [1.807, 2.05) is 0 Å². The number of aliphatic carboxylic acids is 1. The minimum absolute atomic E-state index is 1.17. The van der Waals surface area contributed by atoms with Crippen LogP contribution in [-0.2, 0) is 4.79 Å². The highest BCUT2D eigenvalue weighted by Crippen LogP contribution is 2.09. The summed E-state index contributed by atoms with van der Waals surface area (Å²) in [6.45, 7) is 0. The Kier molecular flexibility index (Phi) is 3.96. The molecule has 0 aromatic heterocycles. The normalized spacial score (nSPS) is 16.9. The minimum Gasteiger partial charge on any atom is -0.480 e. The van der Waals surface area contributed by atoms with Gasteiger partial charge in [0.05, 0.1) is 0 Å². The van der Waals surface area contributed by atoms with Crippen LogP contribution in [0.5, 0.6) is 0 Å². The monoisotopic (exact) mass is 187 g/mol. The average molecular weight is 188 g/mol. The van der Waals surface area contributed by atoms with Crippen molar-refractivity contribution in [2.75, 3.05) is 0 Å². The number of carbonyl (C=O) groups is 1. The fourth-order valence-electron chi connectivity index (χ4n) is 0.303. The average Bonchev–Trinajstić information content (AvgIpc) is 1.84. The van der Waals surface area contributed by atoms with Crippen molar-refractivity contribution >= 4 is 29.2 Å². The van der Waals surface area contributed by atoms with Gasteiger partial charge in [-0.05, 0) is 0 Å². The molecule has 0 heterocycles. The van der Waals surface area contributed by atoms with Crippen molar-refractivity contribution in [3.63, 3.8) is 0 Å². The lowest BCUT2D eigenvalue weighted by molar-refractivity contribution is -0.140. The molecule has 60 valence electrons. The van der Waals surface area contributed by atoms with Gasteiger partial charge in [0.2, 0.25) is 0 Å². The molecule has 0 amide bonds. The van der Waals surface area contributed by atoms with E-state index < -0.39 is 23.0 Å². The van der Waals surface area contributed by atoms with Crippen LogP contribution in [0.4, 0.5) is 0 Å². The van der Waals surface area contributed by atoms with E-state index in [0.29, 0.717) is 0 Å². The number of carboxylic acid groups (broad SMARTS) is 1. The molecule has 6 heteroatoms. The highest BCUT2D eigenvalue weighted by atomic mass is 35.5. The number of alkyl halides is 2. The van der Waals surface area contributed by atoms with E-state index in [1.54, 1.807) is 0 Å². The third-order valence-corrected chi connectivity index (χ3v) is 1.43. The Bertz CT molecular complexity index is 130. The van der Waals surface area contributed by atoms with Gasteiger partial charge in [0, 0.05) is 0 Å². The third-order valence-electron chi connectivity index (χ3n) is 0.911. The van der Waals surface area contributed by atoms with E-state index in [1.165, 1.54) is 0 Å². The molecule has 10 heavy (non-hydrogen) atoms. The van der Waals surface area contributed by atoms with Crippen LogP contribution in [-0.4, -0.2) is 33.2 Å². The second-order valence-electron chi connectivity index (χ2n) is 1.69. The standard InChI is InChI=1S/C4H7Cl2NO3/c5-3(6)2(8)1(7)4(9)10/h1-3,8H,7H2,(H,9,10). The van der Waals surface area contributed by atoms with Crippen molar-refractivity contribution in [2.24, 2.45) is 5.73 Å². The van der Waals surface area contributed by atoms with Crippen molar-refractivity contribution in [1.29, 1.82) is 0 Å². The number of halogens is 2. The van der Waals surface area contributed by atoms with Gasteiger partial charge in [-0.15, -0.1) is 23.2 Å². The molecule has 4 nitrogen and oxygen atoms in total. The first kappa shape index (κ1) is 9.97. The number of hydrogen-bond donors (Lipinski definition) is 3. The van der Waals surface area contributed by atoms with Crippen molar-refractivity contribution in [2.45, 2.75) is 17.0 Å². The lowest BCUT2D eigenvalue weighted by Gasteiger charge is -2.14. The van der Waals surface area contributed by atoms with Crippen molar-refractivity contribution < 1.29 is 15.0 Å². The largest absolute Gasteiger partial charge is 0.480 e. The van der Waals surface area contributed by atoms with E-state index in [-0.39, 0.29) is 0 Å². The molecule has 0 radical (unpaired) electrons. The predicted octanol–water partition coefficient (Wildman–Crippen LogP) is -0.437. The maximum absolute atomic E-state index is 10.0. The molecule has 0 aliphatic heterocycles. The van der Waals surface area contributed by atoms with Crippen molar-refractivity contribution in [3.8, 4) is 0 Å². The van der Waals surface area contributed by atoms with E-state index >= 15 is 0 Å². The van der Waals surface area contributed by atoms with Crippen molar-refractivity contribution in [3.05, 3.63) is 0 Å². The number of hydrogen-bond acceptors (Lipinski definition) is 3. The van der Waals surface area contributed by atoms with Crippen LogP contribution in [0.15, 0.2) is 0 Å². The number of rotatable bonds is 3. The summed E-state index contributed by atoms with van der Waals surface area (Å²) in [4.78, 5) is 8.87. The zero-order chi connectivity index (χ0) is 8.31. The summed E-state index contributed by atoms with van der Waals surface area (Å²) < 4.78 is 0. The number of carboxylic acids is 1. The zero-order valence-corrected chi connectivity index (χ0v) is 6.38. The van der Waals surface area contributed by atoms with Crippen LogP contribution in [0, 0.1) is 0 Å². The molecule has 0 rings (SSSR count). The molecular formula is C4H7Cl2NO3. The summed E-state index contributed by atoms with van der Waals surface area (Å²) in [6, 6.07) is -1.43. The molecule has 0 bridgehead atoms. The Hall–Kier alpha value is -0.0300. The van der Waals surface area contributed by atoms with Gasteiger partial charge < -0.3 is 15.9 Å². The number of aliphatic hydroxyl groups is 1. The fourth-order valence-corrected chi connectivity index (χ4v) is 0.616. The Morgan fingerprint density at radius 1 is 1.50 bits per heavy atom. The molecule has 0 spiro atoms. The lowest BCUT2D eigenvalue weighted by atomic mass is 10.2. The summed E-state index contributed by atoms with van der Waals surface area (Å²) >= 11 is 10.3. The molecule has 0 saturated heterocycles. The van der Waals surface area contributed by atoms with Gasteiger partial charge in [-0.2, -0.15) is 0 Å². The molecule has 0 fully saturated rings. The summed E-state index contributed by atoms with van der Waals surface area (Å²) in [7, 11) is 0. The molecule has 0 aliphatic carbocycles. The van der Waals surface area contributed by atoms with Gasteiger partial charge >= 0.3 is 5.97 Å². The maximum Gasteiger partial charge on any atom is 0.323 e.